The Labute approximate surface area is 244 Å². The van der Waals surface area contributed by atoms with E-state index in [-0.39, 0.29) is 12.2 Å². The number of aliphatic carboxylic acids is 1. The lowest BCUT2D eigenvalue weighted by molar-refractivity contribution is -0.141. The van der Waals surface area contributed by atoms with E-state index in [1.54, 1.807) is 12.1 Å². The first-order valence-corrected chi connectivity index (χ1v) is 14.1. The fourth-order valence-corrected chi connectivity index (χ4v) is 5.48. The van der Waals surface area contributed by atoms with E-state index in [1.807, 2.05) is 78.9 Å². The number of fused-ring (bicyclic) bond motifs is 1. The summed E-state index contributed by atoms with van der Waals surface area (Å²) in [4.78, 5) is 24.8. The molecule has 5 aromatic carbocycles. The SMILES string of the molecule is O=C(CC(Cc1ccccc1)C(=O)O)c1ccc(-c2ccc(-c3c(Cc4ccccc4)oc4ccccc34)cc2)cc1. The summed E-state index contributed by atoms with van der Waals surface area (Å²) in [5.41, 5.74) is 7.69. The summed E-state index contributed by atoms with van der Waals surface area (Å²) in [6.07, 6.45) is 0.990. The normalized spacial score (nSPS) is 11.8. The summed E-state index contributed by atoms with van der Waals surface area (Å²) >= 11 is 0. The molecule has 4 nitrogen and oxygen atoms in total. The van der Waals surface area contributed by atoms with Crippen LogP contribution in [0.15, 0.2) is 138 Å². The largest absolute Gasteiger partial charge is 0.481 e. The summed E-state index contributed by atoms with van der Waals surface area (Å²) in [5, 5.41) is 10.8. The number of carboxylic acids is 1. The van der Waals surface area contributed by atoms with Crippen LogP contribution in [0.3, 0.4) is 0 Å². The van der Waals surface area contributed by atoms with E-state index >= 15 is 0 Å². The van der Waals surface area contributed by atoms with Crippen LogP contribution in [0.4, 0.5) is 0 Å². The molecule has 6 rings (SSSR count). The maximum Gasteiger partial charge on any atom is 0.307 e. The molecule has 0 fully saturated rings. The fraction of sp³-hybridized carbons (Fsp3) is 0.105. The van der Waals surface area contributed by atoms with Crippen molar-refractivity contribution in [1.82, 2.24) is 0 Å². The molecule has 0 saturated carbocycles. The molecule has 0 aliphatic carbocycles. The second-order valence-corrected chi connectivity index (χ2v) is 10.6. The number of furan rings is 1. The number of carbonyl (C=O) groups excluding carboxylic acids is 1. The molecule has 1 aromatic heterocycles. The van der Waals surface area contributed by atoms with Crippen LogP contribution in [0.5, 0.6) is 0 Å². The van der Waals surface area contributed by atoms with Gasteiger partial charge in [-0.1, -0.05) is 127 Å². The van der Waals surface area contributed by atoms with E-state index in [2.05, 4.69) is 42.5 Å². The van der Waals surface area contributed by atoms with Gasteiger partial charge in [0.25, 0.3) is 0 Å². The molecule has 0 bridgehead atoms. The summed E-state index contributed by atoms with van der Waals surface area (Å²) in [7, 11) is 0. The number of hydrogen-bond donors (Lipinski definition) is 1. The van der Waals surface area contributed by atoms with E-state index in [0.717, 1.165) is 44.5 Å². The average Bonchev–Trinajstić information content (AvgIpc) is 3.39. The highest BCUT2D eigenvalue weighted by Gasteiger charge is 2.22. The maximum atomic E-state index is 13.0. The Morgan fingerprint density at radius 1 is 0.619 bits per heavy atom. The molecule has 4 heteroatoms. The Bertz CT molecular complexity index is 1820. The molecular weight excluding hydrogens is 520 g/mol. The summed E-state index contributed by atoms with van der Waals surface area (Å²) in [5.74, 6) is -0.956. The minimum atomic E-state index is -0.957. The van der Waals surface area contributed by atoms with Crippen LogP contribution in [-0.4, -0.2) is 16.9 Å². The number of ketones is 1. The molecular formula is C38H30O4. The summed E-state index contributed by atoms with van der Waals surface area (Å²) in [6.45, 7) is 0. The molecule has 6 aromatic rings. The van der Waals surface area contributed by atoms with Gasteiger partial charge in [-0.05, 0) is 40.3 Å². The maximum absolute atomic E-state index is 13.0. The van der Waals surface area contributed by atoms with Gasteiger partial charge < -0.3 is 9.52 Å². The highest BCUT2D eigenvalue weighted by molar-refractivity contribution is 5.99. The van der Waals surface area contributed by atoms with Crippen molar-refractivity contribution in [3.05, 3.63) is 156 Å². The van der Waals surface area contributed by atoms with Gasteiger partial charge in [0.05, 0.1) is 5.92 Å². The molecule has 0 spiro atoms. The van der Waals surface area contributed by atoms with Gasteiger partial charge in [0.15, 0.2) is 5.78 Å². The standard InChI is InChI=1S/C38H30O4/c39-34(25-32(38(40)41)23-26-9-3-1-4-10-26)30-19-15-28(16-20-30)29-17-21-31(22-18-29)37-33-13-7-8-14-35(33)42-36(37)24-27-11-5-2-6-12-27/h1-22,32H,23-25H2,(H,40,41). The first-order valence-electron chi connectivity index (χ1n) is 14.1. The predicted octanol–water partition coefficient (Wildman–Crippen LogP) is 8.87. The first-order chi connectivity index (χ1) is 20.5. The van der Waals surface area contributed by atoms with Crippen molar-refractivity contribution in [2.24, 2.45) is 5.92 Å². The quantitative estimate of drug-likeness (QED) is 0.173. The zero-order chi connectivity index (χ0) is 28.9. The Hall–Kier alpha value is -5.22. The Morgan fingerprint density at radius 3 is 1.81 bits per heavy atom. The molecule has 42 heavy (non-hydrogen) atoms. The van der Waals surface area contributed by atoms with Crippen LogP contribution >= 0.6 is 0 Å². The third kappa shape index (κ3) is 5.93. The fourth-order valence-electron chi connectivity index (χ4n) is 5.48. The third-order valence-electron chi connectivity index (χ3n) is 7.70. The van der Waals surface area contributed by atoms with Gasteiger partial charge in [-0.15, -0.1) is 0 Å². The Balaban J connectivity index is 1.20. The smallest absolute Gasteiger partial charge is 0.307 e. The number of hydrogen-bond acceptors (Lipinski definition) is 3. The van der Waals surface area contributed by atoms with Gasteiger partial charge >= 0.3 is 5.97 Å². The van der Waals surface area contributed by atoms with Crippen LogP contribution in [0.25, 0.3) is 33.2 Å². The van der Waals surface area contributed by atoms with Crippen LogP contribution in [0.2, 0.25) is 0 Å². The highest BCUT2D eigenvalue weighted by atomic mass is 16.4. The van der Waals surface area contributed by atoms with E-state index in [4.69, 9.17) is 4.42 Å². The summed E-state index contributed by atoms with van der Waals surface area (Å²) in [6, 6.07) is 43.7. The monoisotopic (exact) mass is 550 g/mol. The lowest BCUT2D eigenvalue weighted by atomic mass is 9.91. The first kappa shape index (κ1) is 27.0. The molecule has 1 atom stereocenters. The van der Waals surface area contributed by atoms with Gasteiger partial charge in [0.1, 0.15) is 11.3 Å². The van der Waals surface area contributed by atoms with Gasteiger partial charge in [0, 0.05) is 29.4 Å². The zero-order valence-corrected chi connectivity index (χ0v) is 23.1. The van der Waals surface area contributed by atoms with Gasteiger partial charge in [0.2, 0.25) is 0 Å². The van der Waals surface area contributed by atoms with Crippen LogP contribution < -0.4 is 0 Å². The number of carbonyl (C=O) groups is 2. The molecule has 0 aliphatic rings. The molecule has 0 amide bonds. The van der Waals surface area contributed by atoms with Crippen molar-refractivity contribution in [2.45, 2.75) is 19.3 Å². The van der Waals surface area contributed by atoms with E-state index < -0.39 is 11.9 Å². The third-order valence-corrected chi connectivity index (χ3v) is 7.70. The van der Waals surface area contributed by atoms with Crippen molar-refractivity contribution < 1.29 is 19.1 Å². The summed E-state index contributed by atoms with van der Waals surface area (Å²) < 4.78 is 6.31. The van der Waals surface area contributed by atoms with Gasteiger partial charge in [-0.2, -0.15) is 0 Å². The molecule has 1 unspecified atom stereocenters. The second kappa shape index (κ2) is 12.1. The topological polar surface area (TPSA) is 67.5 Å². The van der Waals surface area contributed by atoms with Crippen LogP contribution in [-0.2, 0) is 17.6 Å². The van der Waals surface area contributed by atoms with E-state index in [9.17, 15) is 14.7 Å². The molecule has 1 heterocycles. The van der Waals surface area contributed by atoms with Crippen molar-refractivity contribution in [2.75, 3.05) is 0 Å². The predicted molar refractivity (Wildman–Crippen MR) is 167 cm³/mol. The Kier molecular flexibility index (Phi) is 7.78. The minimum Gasteiger partial charge on any atom is -0.481 e. The van der Waals surface area contributed by atoms with Gasteiger partial charge in [-0.25, -0.2) is 0 Å². The van der Waals surface area contributed by atoms with Crippen molar-refractivity contribution in [3.63, 3.8) is 0 Å². The number of rotatable bonds is 10. The van der Waals surface area contributed by atoms with Crippen LogP contribution in [0.1, 0.15) is 33.7 Å². The number of carboxylic acid groups (broad SMARTS) is 1. The van der Waals surface area contributed by atoms with Crippen molar-refractivity contribution >= 4 is 22.7 Å². The number of Topliss-reactive ketones (excluding diaryl/α,β-unsaturated/α-hetero) is 1. The highest BCUT2D eigenvalue weighted by Crippen LogP contribution is 2.37. The van der Waals surface area contributed by atoms with Crippen molar-refractivity contribution in [1.29, 1.82) is 0 Å². The lowest BCUT2D eigenvalue weighted by Crippen LogP contribution is -2.20. The lowest BCUT2D eigenvalue weighted by Gasteiger charge is -2.12. The average molecular weight is 551 g/mol. The van der Waals surface area contributed by atoms with Crippen LogP contribution in [0, 0.1) is 5.92 Å². The molecule has 0 aliphatic heterocycles. The molecule has 1 N–H and O–H groups in total. The molecule has 0 radical (unpaired) electrons. The van der Waals surface area contributed by atoms with Gasteiger partial charge in [-0.3, -0.25) is 9.59 Å². The zero-order valence-electron chi connectivity index (χ0n) is 23.1. The number of benzene rings is 5. The minimum absolute atomic E-state index is 0.0394. The molecule has 0 saturated heterocycles. The second-order valence-electron chi connectivity index (χ2n) is 10.6. The molecule has 206 valence electrons. The van der Waals surface area contributed by atoms with E-state index in [0.29, 0.717) is 18.4 Å². The van der Waals surface area contributed by atoms with Crippen molar-refractivity contribution in [3.8, 4) is 22.3 Å². The number of para-hydroxylation sites is 1. The van der Waals surface area contributed by atoms with E-state index in [1.165, 1.54) is 5.56 Å². The Morgan fingerprint density at radius 2 is 1.17 bits per heavy atom.